The normalized spacial score (nSPS) is 11.3. The van der Waals surface area contributed by atoms with E-state index in [0.29, 0.717) is 5.82 Å². The molecule has 0 saturated carbocycles. The summed E-state index contributed by atoms with van der Waals surface area (Å²) in [5.74, 6) is 0.716. The summed E-state index contributed by atoms with van der Waals surface area (Å²) in [4.78, 5) is 10.4. The molecule has 0 unspecified atom stereocenters. The zero-order valence-corrected chi connectivity index (χ0v) is 22.9. The predicted molar refractivity (Wildman–Crippen MR) is 176 cm³/mol. The van der Waals surface area contributed by atoms with Crippen molar-refractivity contribution in [3.8, 4) is 45.0 Å². The van der Waals surface area contributed by atoms with Crippen molar-refractivity contribution in [1.82, 2.24) is 9.97 Å². The number of nitrogens with zero attached hydrogens (tertiary/aromatic N) is 2. The van der Waals surface area contributed by atoms with Crippen molar-refractivity contribution >= 4 is 32.3 Å². The molecule has 42 heavy (non-hydrogen) atoms. The van der Waals surface area contributed by atoms with Gasteiger partial charge in [0.25, 0.3) is 0 Å². The van der Waals surface area contributed by atoms with E-state index in [2.05, 4.69) is 146 Å². The molecule has 0 aliphatic heterocycles. The maximum Gasteiger partial charge on any atom is 0.160 e. The van der Waals surface area contributed by atoms with Crippen LogP contribution in [0.4, 0.5) is 0 Å². The first-order valence-corrected chi connectivity index (χ1v) is 14.3. The second-order valence-corrected chi connectivity index (χ2v) is 10.6. The molecule has 1 heterocycles. The third-order valence-electron chi connectivity index (χ3n) is 8.07. The summed E-state index contributed by atoms with van der Waals surface area (Å²) in [5, 5.41) is 7.29. The molecule has 0 aliphatic rings. The van der Waals surface area contributed by atoms with Crippen LogP contribution in [0.15, 0.2) is 158 Å². The molecular weight excluding hydrogens is 508 g/mol. The molecule has 8 rings (SSSR count). The first-order chi connectivity index (χ1) is 20.8. The smallest absolute Gasteiger partial charge is 0.160 e. The maximum atomic E-state index is 5.27. The summed E-state index contributed by atoms with van der Waals surface area (Å²) in [5.41, 5.74) is 7.38. The summed E-state index contributed by atoms with van der Waals surface area (Å²) >= 11 is 0. The van der Waals surface area contributed by atoms with Crippen LogP contribution in [0.5, 0.6) is 0 Å². The molecule has 0 amide bonds. The zero-order chi connectivity index (χ0) is 27.9. The van der Waals surface area contributed by atoms with E-state index in [-0.39, 0.29) is 0 Å². The minimum absolute atomic E-state index is 0.716. The summed E-state index contributed by atoms with van der Waals surface area (Å²) in [6.07, 6.45) is 0. The summed E-state index contributed by atoms with van der Waals surface area (Å²) in [7, 11) is 0. The molecule has 2 heteroatoms. The molecule has 1 aromatic heterocycles. The largest absolute Gasteiger partial charge is 0.228 e. The lowest BCUT2D eigenvalue weighted by molar-refractivity contribution is 1.19. The van der Waals surface area contributed by atoms with Crippen LogP contribution in [-0.4, -0.2) is 9.97 Å². The number of rotatable bonds is 4. The van der Waals surface area contributed by atoms with Crippen LogP contribution >= 0.6 is 0 Å². The van der Waals surface area contributed by atoms with Gasteiger partial charge in [-0.2, -0.15) is 0 Å². The Morgan fingerprint density at radius 2 is 0.881 bits per heavy atom. The second-order valence-electron chi connectivity index (χ2n) is 10.6. The highest BCUT2D eigenvalue weighted by Crippen LogP contribution is 2.40. The Morgan fingerprint density at radius 1 is 0.310 bits per heavy atom. The van der Waals surface area contributed by atoms with Gasteiger partial charge >= 0.3 is 0 Å². The lowest BCUT2D eigenvalue weighted by Gasteiger charge is -2.15. The minimum atomic E-state index is 0.716. The van der Waals surface area contributed by atoms with Gasteiger partial charge in [0, 0.05) is 16.7 Å². The fraction of sp³-hybridized carbons (Fsp3) is 0. The highest BCUT2D eigenvalue weighted by molar-refractivity contribution is 6.19. The van der Waals surface area contributed by atoms with Gasteiger partial charge in [0.2, 0.25) is 0 Å². The first kappa shape index (κ1) is 24.2. The predicted octanol–water partition coefficient (Wildman–Crippen LogP) is 10.6. The van der Waals surface area contributed by atoms with E-state index in [4.69, 9.17) is 9.97 Å². The lowest BCUT2D eigenvalue weighted by atomic mass is 9.91. The van der Waals surface area contributed by atoms with Crippen LogP contribution in [-0.2, 0) is 0 Å². The number of hydrogen-bond acceptors (Lipinski definition) is 2. The van der Waals surface area contributed by atoms with E-state index in [9.17, 15) is 0 Å². The van der Waals surface area contributed by atoms with E-state index in [1.807, 2.05) is 12.1 Å². The monoisotopic (exact) mass is 534 g/mol. The molecule has 2 nitrogen and oxygen atoms in total. The molecule has 196 valence electrons. The van der Waals surface area contributed by atoms with Crippen LogP contribution in [0.1, 0.15) is 0 Å². The number of fused-ring (bicyclic) bond motifs is 4. The number of benzene rings is 7. The van der Waals surface area contributed by atoms with Crippen LogP contribution in [0.3, 0.4) is 0 Å². The highest BCUT2D eigenvalue weighted by atomic mass is 14.9. The van der Waals surface area contributed by atoms with Gasteiger partial charge in [0.1, 0.15) is 0 Å². The Bertz CT molecular complexity index is 2220. The van der Waals surface area contributed by atoms with Gasteiger partial charge in [-0.25, -0.2) is 9.97 Å². The number of hydrogen-bond donors (Lipinski definition) is 0. The average Bonchev–Trinajstić information content (AvgIpc) is 3.08. The highest BCUT2D eigenvalue weighted by Gasteiger charge is 2.17. The van der Waals surface area contributed by atoms with E-state index < -0.39 is 0 Å². The van der Waals surface area contributed by atoms with Crippen molar-refractivity contribution in [2.24, 2.45) is 0 Å². The Morgan fingerprint density at radius 3 is 1.64 bits per heavy atom. The zero-order valence-electron chi connectivity index (χ0n) is 22.9. The van der Waals surface area contributed by atoms with Gasteiger partial charge < -0.3 is 0 Å². The molecule has 0 fully saturated rings. The maximum absolute atomic E-state index is 5.27. The molecule has 0 radical (unpaired) electrons. The Balaban J connectivity index is 1.40. The topological polar surface area (TPSA) is 25.8 Å². The van der Waals surface area contributed by atoms with Crippen molar-refractivity contribution < 1.29 is 0 Å². The first-order valence-electron chi connectivity index (χ1n) is 14.3. The molecule has 8 aromatic rings. The van der Waals surface area contributed by atoms with Crippen molar-refractivity contribution in [1.29, 1.82) is 0 Å². The van der Waals surface area contributed by atoms with Crippen molar-refractivity contribution in [3.63, 3.8) is 0 Å². The summed E-state index contributed by atoms with van der Waals surface area (Å²) in [6, 6.07) is 55.6. The summed E-state index contributed by atoms with van der Waals surface area (Å²) < 4.78 is 0. The van der Waals surface area contributed by atoms with E-state index >= 15 is 0 Å². The number of aromatic nitrogens is 2. The van der Waals surface area contributed by atoms with Crippen LogP contribution in [0, 0.1) is 0 Å². The van der Waals surface area contributed by atoms with Gasteiger partial charge in [0.05, 0.1) is 11.4 Å². The molecule has 0 aliphatic carbocycles. The Hall–Kier alpha value is -5.60. The van der Waals surface area contributed by atoms with Crippen molar-refractivity contribution in [2.75, 3.05) is 0 Å². The van der Waals surface area contributed by atoms with Crippen LogP contribution < -0.4 is 0 Å². The molecule has 0 atom stereocenters. The average molecular weight is 535 g/mol. The fourth-order valence-corrected chi connectivity index (χ4v) is 6.00. The van der Waals surface area contributed by atoms with Gasteiger partial charge in [-0.1, -0.05) is 146 Å². The van der Waals surface area contributed by atoms with Crippen LogP contribution in [0.2, 0.25) is 0 Å². The van der Waals surface area contributed by atoms with E-state index in [1.54, 1.807) is 0 Å². The van der Waals surface area contributed by atoms with Gasteiger partial charge in [0.15, 0.2) is 5.82 Å². The molecular formula is C40H26N2. The molecule has 0 bridgehead atoms. The third kappa shape index (κ3) is 4.22. The van der Waals surface area contributed by atoms with Crippen LogP contribution in [0.25, 0.3) is 77.3 Å². The van der Waals surface area contributed by atoms with Gasteiger partial charge in [-0.15, -0.1) is 0 Å². The second kappa shape index (κ2) is 10.1. The Labute approximate surface area is 244 Å². The van der Waals surface area contributed by atoms with Gasteiger partial charge in [-0.3, -0.25) is 0 Å². The van der Waals surface area contributed by atoms with Gasteiger partial charge in [-0.05, 0) is 55.6 Å². The van der Waals surface area contributed by atoms with E-state index in [0.717, 1.165) is 28.1 Å². The molecule has 7 aromatic carbocycles. The van der Waals surface area contributed by atoms with Crippen molar-refractivity contribution in [2.45, 2.75) is 0 Å². The summed E-state index contributed by atoms with van der Waals surface area (Å²) in [6.45, 7) is 0. The lowest BCUT2D eigenvalue weighted by Crippen LogP contribution is -1.97. The fourth-order valence-electron chi connectivity index (χ4n) is 6.00. The Kier molecular flexibility index (Phi) is 5.82. The molecule has 0 saturated heterocycles. The quantitative estimate of drug-likeness (QED) is 0.166. The third-order valence-corrected chi connectivity index (χ3v) is 8.07. The SMILES string of the molecule is c1ccc(-c2ccc(-c3nc(-c4ccccc4)cc(-c4c5ccccc5cc5c4ccc4ccccc45)n3)cc2)cc1. The van der Waals surface area contributed by atoms with Crippen molar-refractivity contribution in [3.05, 3.63) is 158 Å². The molecule has 0 N–H and O–H groups in total. The standard InChI is InChI=1S/C40H26N2/c1-3-11-27(12-4-1)28-19-21-31(22-20-28)40-41-37(30-14-5-2-6-15-30)26-38(42-40)39-34-18-10-8-16-32(34)25-36-33-17-9-7-13-29(33)23-24-35(36)39/h1-26H. The van der Waals surface area contributed by atoms with E-state index in [1.165, 1.54) is 43.4 Å². The minimum Gasteiger partial charge on any atom is -0.228 e. The molecule has 0 spiro atoms.